The zero-order valence-corrected chi connectivity index (χ0v) is 9.06. The van der Waals surface area contributed by atoms with Crippen molar-refractivity contribution in [1.29, 1.82) is 0 Å². The molecular weight excluding hydrogens is 208 g/mol. The number of aromatic amines is 1. The van der Waals surface area contributed by atoms with E-state index in [1.807, 2.05) is 0 Å². The maximum Gasteiger partial charge on any atom is 0.272 e. The van der Waals surface area contributed by atoms with E-state index in [1.165, 1.54) is 10.6 Å². The number of ether oxygens (including phenoxy) is 1. The highest BCUT2D eigenvalue weighted by Crippen LogP contribution is 2.03. The molecule has 0 amide bonds. The van der Waals surface area contributed by atoms with Crippen molar-refractivity contribution < 1.29 is 4.74 Å². The van der Waals surface area contributed by atoms with Crippen molar-refractivity contribution in [2.45, 2.75) is 13.0 Å². The molecule has 16 heavy (non-hydrogen) atoms. The second kappa shape index (κ2) is 4.46. The molecular formula is C10H14N4O2. The van der Waals surface area contributed by atoms with Crippen molar-refractivity contribution in [2.75, 3.05) is 13.7 Å². The fourth-order valence-electron chi connectivity index (χ4n) is 1.60. The van der Waals surface area contributed by atoms with Crippen LogP contribution < -0.4 is 11.3 Å². The van der Waals surface area contributed by atoms with Crippen LogP contribution in [0, 0.1) is 0 Å². The van der Waals surface area contributed by atoms with E-state index in [-0.39, 0.29) is 5.56 Å². The third-order valence-electron chi connectivity index (χ3n) is 2.26. The SMILES string of the molecule is COCc1cc2nc(CCN)cc(=O)n2[nH]1. The molecule has 0 aliphatic heterocycles. The monoisotopic (exact) mass is 222 g/mol. The van der Waals surface area contributed by atoms with Gasteiger partial charge in [0.25, 0.3) is 5.56 Å². The van der Waals surface area contributed by atoms with Gasteiger partial charge in [0.15, 0.2) is 5.65 Å². The molecule has 2 rings (SSSR count). The van der Waals surface area contributed by atoms with Gasteiger partial charge in [-0.1, -0.05) is 0 Å². The molecule has 0 aromatic carbocycles. The van der Waals surface area contributed by atoms with E-state index in [1.54, 1.807) is 13.2 Å². The van der Waals surface area contributed by atoms with E-state index >= 15 is 0 Å². The molecule has 0 atom stereocenters. The van der Waals surface area contributed by atoms with Gasteiger partial charge in [-0.2, -0.15) is 0 Å². The number of nitrogens with one attached hydrogen (secondary N) is 1. The molecule has 2 heterocycles. The van der Waals surface area contributed by atoms with Crippen LogP contribution in [0.5, 0.6) is 0 Å². The number of hydrogen-bond acceptors (Lipinski definition) is 4. The van der Waals surface area contributed by atoms with Gasteiger partial charge in [-0.3, -0.25) is 9.89 Å². The second-order valence-corrected chi connectivity index (χ2v) is 3.53. The van der Waals surface area contributed by atoms with Gasteiger partial charge in [0.2, 0.25) is 0 Å². The topological polar surface area (TPSA) is 85.4 Å². The van der Waals surface area contributed by atoms with Gasteiger partial charge in [0, 0.05) is 31.4 Å². The normalized spacial score (nSPS) is 11.1. The Hall–Kier alpha value is -1.66. The summed E-state index contributed by atoms with van der Waals surface area (Å²) in [6, 6.07) is 3.29. The van der Waals surface area contributed by atoms with Gasteiger partial charge in [-0.05, 0) is 6.54 Å². The standard InChI is InChI=1S/C10H14N4O2/c1-16-6-8-4-9-12-7(2-3-11)5-10(15)14(9)13-8/h4-5,13H,2-3,6,11H2,1H3. The molecule has 2 aromatic rings. The lowest BCUT2D eigenvalue weighted by atomic mass is 10.3. The molecule has 0 saturated heterocycles. The lowest BCUT2D eigenvalue weighted by molar-refractivity contribution is 0.181. The molecule has 2 aromatic heterocycles. The van der Waals surface area contributed by atoms with Gasteiger partial charge in [-0.25, -0.2) is 9.50 Å². The first-order chi connectivity index (χ1) is 7.74. The third kappa shape index (κ3) is 1.98. The van der Waals surface area contributed by atoms with E-state index in [0.29, 0.717) is 25.2 Å². The van der Waals surface area contributed by atoms with Crippen LogP contribution in [0.15, 0.2) is 16.9 Å². The molecule has 0 aliphatic carbocycles. The van der Waals surface area contributed by atoms with Crippen LogP contribution >= 0.6 is 0 Å². The van der Waals surface area contributed by atoms with Crippen LogP contribution in [0.25, 0.3) is 5.65 Å². The Bertz CT molecular complexity index is 543. The van der Waals surface area contributed by atoms with Gasteiger partial charge in [0.1, 0.15) is 0 Å². The van der Waals surface area contributed by atoms with E-state index in [0.717, 1.165) is 11.4 Å². The van der Waals surface area contributed by atoms with Crippen LogP contribution in [0.2, 0.25) is 0 Å². The number of hydrogen-bond donors (Lipinski definition) is 2. The summed E-state index contributed by atoms with van der Waals surface area (Å²) < 4.78 is 6.38. The summed E-state index contributed by atoms with van der Waals surface area (Å²) in [5.41, 5.74) is 7.44. The number of rotatable bonds is 4. The molecule has 0 fully saturated rings. The largest absolute Gasteiger partial charge is 0.378 e. The van der Waals surface area contributed by atoms with Crippen molar-refractivity contribution in [3.05, 3.63) is 33.9 Å². The van der Waals surface area contributed by atoms with Crippen LogP contribution in [0.4, 0.5) is 0 Å². The van der Waals surface area contributed by atoms with E-state index in [4.69, 9.17) is 10.5 Å². The van der Waals surface area contributed by atoms with Crippen molar-refractivity contribution in [3.8, 4) is 0 Å². The molecule has 0 spiro atoms. The maximum atomic E-state index is 11.7. The minimum atomic E-state index is -0.129. The number of nitrogens with zero attached hydrogens (tertiary/aromatic N) is 2. The molecule has 0 radical (unpaired) electrons. The van der Waals surface area contributed by atoms with Crippen molar-refractivity contribution >= 4 is 5.65 Å². The first kappa shape index (κ1) is 10.8. The predicted octanol–water partition coefficient (Wildman–Crippen LogP) is -0.330. The first-order valence-electron chi connectivity index (χ1n) is 5.04. The second-order valence-electron chi connectivity index (χ2n) is 3.53. The Balaban J connectivity index is 2.50. The average molecular weight is 222 g/mol. The summed E-state index contributed by atoms with van der Waals surface area (Å²) >= 11 is 0. The molecule has 6 nitrogen and oxygen atoms in total. The van der Waals surface area contributed by atoms with E-state index in [2.05, 4.69) is 10.1 Å². The zero-order valence-electron chi connectivity index (χ0n) is 9.06. The Morgan fingerprint density at radius 2 is 2.38 bits per heavy atom. The van der Waals surface area contributed by atoms with Crippen LogP contribution in [0.1, 0.15) is 11.4 Å². The first-order valence-corrected chi connectivity index (χ1v) is 5.04. The quantitative estimate of drug-likeness (QED) is 0.741. The van der Waals surface area contributed by atoms with Crippen molar-refractivity contribution in [3.63, 3.8) is 0 Å². The molecule has 86 valence electrons. The average Bonchev–Trinajstić information content (AvgIpc) is 2.62. The fraction of sp³-hybridized carbons (Fsp3) is 0.400. The van der Waals surface area contributed by atoms with E-state index < -0.39 is 0 Å². The summed E-state index contributed by atoms with van der Waals surface area (Å²) in [5.74, 6) is 0. The zero-order chi connectivity index (χ0) is 11.5. The maximum absolute atomic E-state index is 11.7. The van der Waals surface area contributed by atoms with Crippen molar-refractivity contribution in [1.82, 2.24) is 14.6 Å². The number of H-pyrrole nitrogens is 1. The number of nitrogens with two attached hydrogens (primary N) is 1. The fourth-order valence-corrected chi connectivity index (χ4v) is 1.60. The Morgan fingerprint density at radius 1 is 1.56 bits per heavy atom. The lowest BCUT2D eigenvalue weighted by Gasteiger charge is -1.97. The summed E-state index contributed by atoms with van der Waals surface area (Å²) in [5, 5.41) is 2.92. The highest BCUT2D eigenvalue weighted by Gasteiger charge is 2.05. The minimum absolute atomic E-state index is 0.129. The highest BCUT2D eigenvalue weighted by atomic mass is 16.5. The number of methoxy groups -OCH3 is 1. The summed E-state index contributed by atoms with van der Waals surface area (Å²) in [6.07, 6.45) is 0.608. The summed E-state index contributed by atoms with van der Waals surface area (Å²) in [6.45, 7) is 0.910. The highest BCUT2D eigenvalue weighted by molar-refractivity contribution is 5.39. The summed E-state index contributed by atoms with van der Waals surface area (Å²) in [4.78, 5) is 16.0. The van der Waals surface area contributed by atoms with E-state index in [9.17, 15) is 4.79 Å². The Kier molecular flexibility index (Phi) is 3.02. The van der Waals surface area contributed by atoms with Gasteiger partial charge < -0.3 is 10.5 Å². The molecule has 6 heteroatoms. The van der Waals surface area contributed by atoms with Gasteiger partial charge >= 0.3 is 0 Å². The third-order valence-corrected chi connectivity index (χ3v) is 2.26. The molecule has 0 aliphatic rings. The van der Waals surface area contributed by atoms with Crippen LogP contribution in [0.3, 0.4) is 0 Å². The number of aromatic nitrogens is 3. The van der Waals surface area contributed by atoms with Crippen LogP contribution in [-0.4, -0.2) is 28.3 Å². The van der Waals surface area contributed by atoms with Gasteiger partial charge in [0.05, 0.1) is 12.3 Å². The Morgan fingerprint density at radius 3 is 3.06 bits per heavy atom. The molecule has 0 bridgehead atoms. The smallest absolute Gasteiger partial charge is 0.272 e. The van der Waals surface area contributed by atoms with Crippen molar-refractivity contribution in [2.24, 2.45) is 5.73 Å². The van der Waals surface area contributed by atoms with Crippen LogP contribution in [-0.2, 0) is 17.8 Å². The van der Waals surface area contributed by atoms with Gasteiger partial charge in [-0.15, -0.1) is 0 Å². The molecule has 3 N–H and O–H groups in total. The molecule has 0 unspecified atom stereocenters. The lowest BCUT2D eigenvalue weighted by Crippen LogP contribution is -2.17. The number of fused-ring (bicyclic) bond motifs is 1. The Labute approximate surface area is 92.0 Å². The summed E-state index contributed by atoms with van der Waals surface area (Å²) in [7, 11) is 1.60. The molecule has 0 saturated carbocycles. The predicted molar refractivity (Wildman–Crippen MR) is 59.3 cm³/mol. The minimum Gasteiger partial charge on any atom is -0.378 e.